The van der Waals surface area contributed by atoms with Gasteiger partial charge in [0, 0.05) is 6.92 Å². The number of nitrogens with one attached hydrogen (secondary N) is 1. The number of likely N-dealkylation sites (N-methyl/N-ethyl adjacent to an activating group) is 1. The van der Waals surface area contributed by atoms with Crippen LogP contribution in [0.15, 0.2) is 17.4 Å². The third-order valence-corrected chi connectivity index (χ3v) is 1.21. The first-order valence-electron chi connectivity index (χ1n) is 4.01. The molecule has 0 atom stereocenters. The van der Waals surface area contributed by atoms with E-state index in [-0.39, 0.29) is 24.2 Å². The van der Waals surface area contributed by atoms with Gasteiger partial charge in [0.2, 0.25) is 11.8 Å². The molecule has 6 heteroatoms. The molecule has 0 fully saturated rings. The monoisotopic (exact) mass is 200 g/mol. The highest BCUT2D eigenvalue weighted by molar-refractivity contribution is 5.80. The Bertz CT molecular complexity index is 248. The van der Waals surface area contributed by atoms with Crippen LogP contribution in [0.3, 0.4) is 0 Å². The quantitative estimate of drug-likeness (QED) is 0.362. The van der Waals surface area contributed by atoms with Gasteiger partial charge in [-0.3, -0.25) is 4.79 Å². The highest BCUT2D eigenvalue weighted by Crippen LogP contribution is 1.89. The van der Waals surface area contributed by atoms with Crippen molar-refractivity contribution in [3.63, 3.8) is 0 Å². The summed E-state index contributed by atoms with van der Waals surface area (Å²) in [5.41, 5.74) is 0. The van der Waals surface area contributed by atoms with E-state index in [0.29, 0.717) is 0 Å². The molecular weight excluding hydrogens is 184 g/mol. The molecule has 0 aliphatic heterocycles. The Morgan fingerprint density at radius 1 is 1.64 bits per heavy atom. The van der Waals surface area contributed by atoms with Crippen LogP contribution in [0.4, 0.5) is 0 Å². The van der Waals surface area contributed by atoms with Crippen molar-refractivity contribution in [1.29, 1.82) is 0 Å². The Morgan fingerprint density at radius 2 is 2.21 bits per heavy atom. The standard InChI is InChI=1S/C8H16N4O2/c1-6(10-7(2)14-9)11-8(13)5-12(3)4/h1,5,9H2,2-4H3,(H,11,13)/b10-7-. The van der Waals surface area contributed by atoms with Gasteiger partial charge in [-0.25, -0.2) is 0 Å². The number of amides is 1. The minimum atomic E-state index is -0.187. The van der Waals surface area contributed by atoms with E-state index in [4.69, 9.17) is 5.90 Å². The second-order valence-electron chi connectivity index (χ2n) is 2.98. The zero-order valence-electron chi connectivity index (χ0n) is 8.70. The summed E-state index contributed by atoms with van der Waals surface area (Å²) in [6, 6.07) is 0. The third kappa shape index (κ3) is 6.15. The molecule has 80 valence electrons. The Hall–Kier alpha value is -1.40. The second-order valence-corrected chi connectivity index (χ2v) is 2.98. The lowest BCUT2D eigenvalue weighted by Crippen LogP contribution is -2.32. The summed E-state index contributed by atoms with van der Waals surface area (Å²) in [6.45, 7) is 5.35. The number of nitrogens with two attached hydrogens (primary N) is 1. The normalized spacial score (nSPS) is 11.4. The predicted octanol–water partition coefficient (Wildman–Crippen LogP) is -0.556. The largest absolute Gasteiger partial charge is 0.396 e. The summed E-state index contributed by atoms with van der Waals surface area (Å²) < 4.78 is 0. The van der Waals surface area contributed by atoms with Crippen LogP contribution >= 0.6 is 0 Å². The van der Waals surface area contributed by atoms with E-state index < -0.39 is 0 Å². The summed E-state index contributed by atoms with van der Waals surface area (Å²) >= 11 is 0. The molecule has 1 amide bonds. The Kier molecular flexibility index (Phi) is 5.50. The maximum Gasteiger partial charge on any atom is 0.239 e. The van der Waals surface area contributed by atoms with E-state index in [1.54, 1.807) is 25.9 Å². The van der Waals surface area contributed by atoms with Crippen LogP contribution in [0.1, 0.15) is 6.92 Å². The summed E-state index contributed by atoms with van der Waals surface area (Å²) in [6.07, 6.45) is 0. The topological polar surface area (TPSA) is 80.0 Å². The van der Waals surface area contributed by atoms with E-state index in [2.05, 4.69) is 21.7 Å². The first-order chi connectivity index (χ1) is 6.45. The lowest BCUT2D eigenvalue weighted by atomic mass is 10.5. The average Bonchev–Trinajstić information content (AvgIpc) is 2.01. The van der Waals surface area contributed by atoms with Gasteiger partial charge in [0.1, 0.15) is 5.82 Å². The van der Waals surface area contributed by atoms with Crippen molar-refractivity contribution in [1.82, 2.24) is 10.2 Å². The van der Waals surface area contributed by atoms with Gasteiger partial charge in [-0.15, -0.1) is 0 Å². The fourth-order valence-corrected chi connectivity index (χ4v) is 0.732. The zero-order chi connectivity index (χ0) is 11.1. The first-order valence-corrected chi connectivity index (χ1v) is 4.01. The van der Waals surface area contributed by atoms with Crippen LogP contribution in [0.25, 0.3) is 0 Å². The van der Waals surface area contributed by atoms with Gasteiger partial charge in [0.05, 0.1) is 6.54 Å². The molecule has 14 heavy (non-hydrogen) atoms. The van der Waals surface area contributed by atoms with E-state index in [0.717, 1.165) is 0 Å². The number of nitrogens with zero attached hydrogens (tertiary/aromatic N) is 2. The molecule has 0 saturated heterocycles. The SMILES string of the molecule is C=C(/N=C(/C)ON)NC(=O)CN(C)C. The number of hydrogen-bond donors (Lipinski definition) is 2. The van der Waals surface area contributed by atoms with Crippen molar-refractivity contribution in [2.75, 3.05) is 20.6 Å². The second kappa shape index (κ2) is 6.11. The molecule has 0 unspecified atom stereocenters. The highest BCUT2D eigenvalue weighted by Gasteiger charge is 2.03. The molecule has 0 aliphatic carbocycles. The molecule has 0 aromatic carbocycles. The molecule has 0 spiro atoms. The van der Waals surface area contributed by atoms with Gasteiger partial charge >= 0.3 is 0 Å². The summed E-state index contributed by atoms with van der Waals surface area (Å²) in [5.74, 6) is 5.10. The molecule has 0 saturated carbocycles. The lowest BCUT2D eigenvalue weighted by Gasteiger charge is -2.09. The van der Waals surface area contributed by atoms with Gasteiger partial charge in [0.25, 0.3) is 0 Å². The summed E-state index contributed by atoms with van der Waals surface area (Å²) in [4.78, 5) is 21.0. The lowest BCUT2D eigenvalue weighted by molar-refractivity contribution is -0.120. The highest BCUT2D eigenvalue weighted by atomic mass is 16.6. The average molecular weight is 200 g/mol. The van der Waals surface area contributed by atoms with Crippen molar-refractivity contribution in [2.45, 2.75) is 6.92 Å². The van der Waals surface area contributed by atoms with Gasteiger partial charge in [-0.05, 0) is 14.1 Å². The number of aliphatic imine (C=N–C) groups is 1. The zero-order valence-corrected chi connectivity index (χ0v) is 8.70. The Labute approximate surface area is 83.4 Å². The molecule has 0 rings (SSSR count). The molecule has 0 aliphatic rings. The van der Waals surface area contributed by atoms with E-state index in [9.17, 15) is 4.79 Å². The van der Waals surface area contributed by atoms with Crippen molar-refractivity contribution in [2.24, 2.45) is 10.9 Å². The van der Waals surface area contributed by atoms with Crippen LogP contribution in [0, 0.1) is 0 Å². The van der Waals surface area contributed by atoms with Gasteiger partial charge < -0.3 is 15.1 Å². The van der Waals surface area contributed by atoms with Crippen LogP contribution in [-0.4, -0.2) is 37.3 Å². The molecule has 6 nitrogen and oxygen atoms in total. The predicted molar refractivity (Wildman–Crippen MR) is 54.2 cm³/mol. The van der Waals surface area contributed by atoms with E-state index in [1.165, 1.54) is 0 Å². The number of hydrogen-bond acceptors (Lipinski definition) is 5. The molecule has 0 bridgehead atoms. The minimum Gasteiger partial charge on any atom is -0.396 e. The minimum absolute atomic E-state index is 0.187. The first kappa shape index (κ1) is 12.6. The molecule has 0 aromatic heterocycles. The van der Waals surface area contributed by atoms with Crippen LogP contribution in [0.5, 0.6) is 0 Å². The number of carbonyl (C=O) groups is 1. The van der Waals surface area contributed by atoms with Crippen molar-refractivity contribution in [3.8, 4) is 0 Å². The molecular formula is C8H16N4O2. The number of carbonyl (C=O) groups excluding carboxylic acids is 1. The molecule has 0 radical (unpaired) electrons. The van der Waals surface area contributed by atoms with Gasteiger partial charge in [-0.2, -0.15) is 10.9 Å². The van der Waals surface area contributed by atoms with Gasteiger partial charge in [0.15, 0.2) is 0 Å². The van der Waals surface area contributed by atoms with Gasteiger partial charge in [-0.1, -0.05) is 6.58 Å². The fraction of sp³-hybridized carbons (Fsp3) is 0.500. The Morgan fingerprint density at radius 3 is 2.64 bits per heavy atom. The molecule has 0 heterocycles. The van der Waals surface area contributed by atoms with Crippen molar-refractivity contribution in [3.05, 3.63) is 12.4 Å². The van der Waals surface area contributed by atoms with E-state index >= 15 is 0 Å². The third-order valence-electron chi connectivity index (χ3n) is 1.21. The van der Waals surface area contributed by atoms with E-state index in [1.807, 2.05) is 0 Å². The summed E-state index contributed by atoms with van der Waals surface area (Å²) in [7, 11) is 3.58. The van der Waals surface area contributed by atoms with Crippen molar-refractivity contribution < 1.29 is 9.63 Å². The fourth-order valence-electron chi connectivity index (χ4n) is 0.732. The molecule has 3 N–H and O–H groups in total. The van der Waals surface area contributed by atoms with Crippen LogP contribution < -0.4 is 11.2 Å². The smallest absolute Gasteiger partial charge is 0.239 e. The number of rotatable bonds is 4. The van der Waals surface area contributed by atoms with Crippen molar-refractivity contribution >= 4 is 11.8 Å². The maximum atomic E-state index is 11.2. The summed E-state index contributed by atoms with van der Waals surface area (Å²) in [5, 5.41) is 2.48. The van der Waals surface area contributed by atoms with Crippen LogP contribution in [0.2, 0.25) is 0 Å². The Balaban J connectivity index is 4.01. The van der Waals surface area contributed by atoms with Crippen LogP contribution in [-0.2, 0) is 9.63 Å². The maximum absolute atomic E-state index is 11.2. The molecule has 0 aromatic rings.